The Kier molecular flexibility index (Phi) is 3.51. The van der Waals surface area contributed by atoms with Crippen LogP contribution < -0.4 is 0 Å². The predicted octanol–water partition coefficient (Wildman–Crippen LogP) is 1.83. The number of aliphatic carboxylic acids is 1. The number of hydrogen-bond acceptors (Lipinski definition) is 3. The maximum atomic E-state index is 12.6. The van der Waals surface area contributed by atoms with E-state index in [1.54, 1.807) is 6.07 Å². The molecule has 0 fully saturated rings. The highest BCUT2D eigenvalue weighted by molar-refractivity contribution is 5.71. The topological polar surface area (TPSA) is 74.0 Å². The number of alkyl halides is 2. The van der Waals surface area contributed by atoms with Crippen molar-refractivity contribution in [2.75, 3.05) is 0 Å². The maximum Gasteiger partial charge on any atom is 0.307 e. The minimum atomic E-state index is -2.80. The number of rotatable bonds is 3. The van der Waals surface area contributed by atoms with Crippen LogP contribution in [0.1, 0.15) is 28.8 Å². The molecule has 6 heteroatoms. The van der Waals surface area contributed by atoms with Gasteiger partial charge in [-0.25, -0.2) is 13.8 Å². The summed E-state index contributed by atoms with van der Waals surface area (Å²) in [5.74, 6) is -1.22. The minimum Gasteiger partial charge on any atom is -0.481 e. The van der Waals surface area contributed by atoms with Gasteiger partial charge in [-0.2, -0.15) is 5.26 Å². The molecule has 1 heterocycles. The molecule has 0 aliphatic carbocycles. The first-order valence-corrected chi connectivity index (χ1v) is 4.35. The number of hydrogen-bond donors (Lipinski definition) is 1. The van der Waals surface area contributed by atoms with Crippen molar-refractivity contribution in [3.05, 3.63) is 28.6 Å². The normalized spacial score (nSPS) is 10.2. The van der Waals surface area contributed by atoms with Gasteiger partial charge in [-0.3, -0.25) is 4.79 Å². The molecule has 0 aliphatic rings. The summed E-state index contributed by atoms with van der Waals surface area (Å²) < 4.78 is 25.2. The zero-order valence-corrected chi connectivity index (χ0v) is 8.37. The van der Waals surface area contributed by atoms with E-state index in [9.17, 15) is 13.6 Å². The smallest absolute Gasteiger partial charge is 0.307 e. The summed E-state index contributed by atoms with van der Waals surface area (Å²) in [6.07, 6.45) is -2.48. The fourth-order valence-electron chi connectivity index (χ4n) is 1.35. The molecule has 84 valence electrons. The average molecular weight is 226 g/mol. The molecule has 1 aromatic rings. The predicted molar refractivity (Wildman–Crippen MR) is 50.0 cm³/mol. The van der Waals surface area contributed by atoms with Gasteiger partial charge in [0.25, 0.3) is 6.43 Å². The van der Waals surface area contributed by atoms with Gasteiger partial charge in [-0.1, -0.05) is 0 Å². The van der Waals surface area contributed by atoms with Crippen molar-refractivity contribution in [2.45, 2.75) is 19.8 Å². The summed E-state index contributed by atoms with van der Waals surface area (Å²) >= 11 is 0. The second-order valence-corrected chi connectivity index (χ2v) is 3.15. The highest BCUT2D eigenvalue weighted by atomic mass is 19.3. The van der Waals surface area contributed by atoms with Crippen LogP contribution in [0.3, 0.4) is 0 Å². The van der Waals surface area contributed by atoms with Gasteiger partial charge in [0.05, 0.1) is 6.42 Å². The molecule has 0 saturated heterocycles. The van der Waals surface area contributed by atoms with E-state index >= 15 is 0 Å². The molecule has 1 aromatic heterocycles. The highest BCUT2D eigenvalue weighted by Gasteiger charge is 2.19. The molecule has 0 atom stereocenters. The molecule has 0 aromatic carbocycles. The standard InChI is InChI=1S/C10H8F2N2O2/c1-5-6(2-9(15)16)7(10(11)12)4-14-8(5)3-13/h4,10H,2H2,1H3,(H,15,16). The van der Waals surface area contributed by atoms with Crippen molar-refractivity contribution in [3.8, 4) is 6.07 Å². The molecule has 4 nitrogen and oxygen atoms in total. The summed E-state index contributed by atoms with van der Waals surface area (Å²) in [6, 6.07) is 1.73. The third-order valence-electron chi connectivity index (χ3n) is 2.16. The Hall–Kier alpha value is -2.03. The van der Waals surface area contributed by atoms with Crippen LogP contribution in [0.4, 0.5) is 8.78 Å². The number of carboxylic acid groups (broad SMARTS) is 1. The van der Waals surface area contributed by atoms with E-state index in [1.807, 2.05) is 0 Å². The third-order valence-corrected chi connectivity index (χ3v) is 2.16. The number of nitrogens with zero attached hydrogens (tertiary/aromatic N) is 2. The van der Waals surface area contributed by atoms with Crippen LogP contribution in [-0.4, -0.2) is 16.1 Å². The fourth-order valence-corrected chi connectivity index (χ4v) is 1.35. The zero-order valence-electron chi connectivity index (χ0n) is 8.37. The Balaban J connectivity index is 3.37. The summed E-state index contributed by atoms with van der Waals surface area (Å²) in [6.45, 7) is 1.41. The molecule has 16 heavy (non-hydrogen) atoms. The number of halogens is 2. The summed E-state index contributed by atoms with van der Waals surface area (Å²) in [5.41, 5.74) is -0.295. The molecular weight excluding hydrogens is 218 g/mol. The van der Waals surface area contributed by atoms with E-state index in [0.29, 0.717) is 0 Å². The monoisotopic (exact) mass is 226 g/mol. The molecule has 0 spiro atoms. The number of carboxylic acids is 1. The van der Waals surface area contributed by atoms with E-state index in [4.69, 9.17) is 10.4 Å². The molecule has 1 rings (SSSR count). The van der Waals surface area contributed by atoms with Gasteiger partial charge in [0, 0.05) is 11.8 Å². The van der Waals surface area contributed by atoms with Gasteiger partial charge in [0.1, 0.15) is 11.8 Å². The van der Waals surface area contributed by atoms with E-state index < -0.39 is 24.4 Å². The number of aromatic nitrogens is 1. The second-order valence-electron chi connectivity index (χ2n) is 3.15. The Morgan fingerprint density at radius 1 is 1.69 bits per heavy atom. The Morgan fingerprint density at radius 2 is 2.31 bits per heavy atom. The molecular formula is C10H8F2N2O2. The second kappa shape index (κ2) is 4.66. The van der Waals surface area contributed by atoms with Crippen LogP contribution in [0.15, 0.2) is 6.20 Å². The van der Waals surface area contributed by atoms with Crippen LogP contribution in [0.5, 0.6) is 0 Å². The minimum absolute atomic E-state index is 0.0272. The van der Waals surface area contributed by atoms with Crippen molar-refractivity contribution < 1.29 is 18.7 Å². The molecule has 0 bridgehead atoms. The first-order chi connectivity index (χ1) is 7.47. The first kappa shape index (κ1) is 12.0. The zero-order chi connectivity index (χ0) is 12.3. The fraction of sp³-hybridized carbons (Fsp3) is 0.300. The lowest BCUT2D eigenvalue weighted by Gasteiger charge is -2.10. The lowest BCUT2D eigenvalue weighted by atomic mass is 10.00. The number of nitriles is 1. The number of carbonyl (C=O) groups is 1. The lowest BCUT2D eigenvalue weighted by Crippen LogP contribution is -2.08. The van der Waals surface area contributed by atoms with Gasteiger partial charge in [-0.15, -0.1) is 0 Å². The largest absolute Gasteiger partial charge is 0.481 e. The van der Waals surface area contributed by atoms with Crippen LogP contribution in [0, 0.1) is 18.3 Å². The first-order valence-electron chi connectivity index (χ1n) is 4.35. The van der Waals surface area contributed by atoms with E-state index in [-0.39, 0.29) is 16.8 Å². The summed E-state index contributed by atoms with van der Waals surface area (Å²) in [4.78, 5) is 14.1. The molecule has 0 amide bonds. The van der Waals surface area contributed by atoms with Crippen LogP contribution >= 0.6 is 0 Å². The molecule has 1 N–H and O–H groups in total. The molecule has 0 radical (unpaired) electrons. The molecule has 0 saturated carbocycles. The van der Waals surface area contributed by atoms with Crippen molar-refractivity contribution in [1.82, 2.24) is 4.98 Å². The number of pyridine rings is 1. The van der Waals surface area contributed by atoms with Gasteiger partial charge in [-0.05, 0) is 18.1 Å². The van der Waals surface area contributed by atoms with Crippen LogP contribution in [-0.2, 0) is 11.2 Å². The Bertz CT molecular complexity index is 467. The highest BCUT2D eigenvalue weighted by Crippen LogP contribution is 2.26. The summed E-state index contributed by atoms with van der Waals surface area (Å²) in [5, 5.41) is 17.3. The lowest BCUT2D eigenvalue weighted by molar-refractivity contribution is -0.136. The van der Waals surface area contributed by atoms with E-state index in [1.165, 1.54) is 6.92 Å². The van der Waals surface area contributed by atoms with Crippen molar-refractivity contribution in [1.29, 1.82) is 5.26 Å². The quantitative estimate of drug-likeness (QED) is 0.853. The third kappa shape index (κ3) is 2.31. The molecule has 0 aliphatic heterocycles. The Morgan fingerprint density at radius 3 is 2.75 bits per heavy atom. The van der Waals surface area contributed by atoms with Crippen molar-refractivity contribution in [2.24, 2.45) is 0 Å². The summed E-state index contributed by atoms with van der Waals surface area (Å²) in [7, 11) is 0. The van der Waals surface area contributed by atoms with Gasteiger partial charge in [0.15, 0.2) is 0 Å². The van der Waals surface area contributed by atoms with Gasteiger partial charge in [0.2, 0.25) is 0 Å². The SMILES string of the molecule is Cc1c(C#N)ncc(C(F)F)c1CC(=O)O. The van der Waals surface area contributed by atoms with Crippen LogP contribution in [0.2, 0.25) is 0 Å². The van der Waals surface area contributed by atoms with Crippen molar-refractivity contribution in [3.63, 3.8) is 0 Å². The average Bonchev–Trinajstić information content (AvgIpc) is 2.19. The Labute approximate surface area is 90.2 Å². The van der Waals surface area contributed by atoms with Gasteiger partial charge >= 0.3 is 5.97 Å². The van der Waals surface area contributed by atoms with Crippen LogP contribution in [0.25, 0.3) is 0 Å². The van der Waals surface area contributed by atoms with E-state index in [2.05, 4.69) is 4.98 Å². The van der Waals surface area contributed by atoms with Crippen molar-refractivity contribution >= 4 is 5.97 Å². The maximum absolute atomic E-state index is 12.6. The van der Waals surface area contributed by atoms with E-state index in [0.717, 1.165) is 6.20 Å². The molecule has 0 unspecified atom stereocenters. The van der Waals surface area contributed by atoms with Gasteiger partial charge < -0.3 is 5.11 Å².